The molecule has 1 heterocycles. The summed E-state index contributed by atoms with van der Waals surface area (Å²) in [6.07, 6.45) is 0. The van der Waals surface area contributed by atoms with Crippen molar-refractivity contribution in [2.75, 3.05) is 7.05 Å². The van der Waals surface area contributed by atoms with E-state index in [4.69, 9.17) is 16.7 Å². The van der Waals surface area contributed by atoms with Crippen molar-refractivity contribution in [3.63, 3.8) is 0 Å². The van der Waals surface area contributed by atoms with Crippen LogP contribution in [0.4, 0.5) is 0 Å². The van der Waals surface area contributed by atoms with Crippen LogP contribution < -0.4 is 11.6 Å². The van der Waals surface area contributed by atoms with E-state index in [1.165, 1.54) is 5.01 Å². The number of allylic oxidation sites excluding steroid dienone is 1. The minimum absolute atomic E-state index is 0.269. The van der Waals surface area contributed by atoms with Gasteiger partial charge in [0, 0.05) is 23.7 Å². The number of carboxylic acid groups (broad SMARTS) is 1. The first-order valence-corrected chi connectivity index (χ1v) is 5.08. The zero-order chi connectivity index (χ0) is 11.6. The monoisotopic (exact) mass is 227 g/mol. The molecule has 0 aromatic carbocycles. The predicted molar refractivity (Wildman–Crippen MR) is 60.0 cm³/mol. The van der Waals surface area contributed by atoms with Gasteiger partial charge in [-0.15, -0.1) is 11.3 Å². The Morgan fingerprint density at radius 3 is 2.53 bits per heavy atom. The van der Waals surface area contributed by atoms with Crippen molar-refractivity contribution < 1.29 is 9.90 Å². The van der Waals surface area contributed by atoms with Gasteiger partial charge in [0.05, 0.1) is 5.70 Å². The number of thiophene rings is 1. The molecule has 1 aromatic rings. The first kappa shape index (κ1) is 11.5. The molecule has 0 saturated heterocycles. The Balaban J connectivity index is 3.15. The van der Waals surface area contributed by atoms with E-state index in [9.17, 15) is 4.79 Å². The average Bonchev–Trinajstić information content (AvgIpc) is 2.51. The van der Waals surface area contributed by atoms with Gasteiger partial charge in [-0.05, 0) is 13.0 Å². The van der Waals surface area contributed by atoms with E-state index in [2.05, 4.69) is 0 Å². The van der Waals surface area contributed by atoms with Crippen LogP contribution in [0.3, 0.4) is 0 Å². The minimum atomic E-state index is -0.944. The molecule has 0 bridgehead atoms. The van der Waals surface area contributed by atoms with Gasteiger partial charge in [0.15, 0.2) is 0 Å². The quantitative estimate of drug-likeness (QED) is 0.527. The van der Waals surface area contributed by atoms with Crippen LogP contribution in [-0.2, 0) is 0 Å². The fourth-order valence-electron chi connectivity index (χ4n) is 1.28. The van der Waals surface area contributed by atoms with Gasteiger partial charge in [-0.1, -0.05) is 0 Å². The molecule has 0 saturated carbocycles. The molecule has 0 radical (unpaired) electrons. The molecule has 0 atom stereocenters. The number of carbonyl (C=O) groups is 1. The van der Waals surface area contributed by atoms with Crippen LogP contribution in [0, 0.1) is 0 Å². The van der Waals surface area contributed by atoms with Gasteiger partial charge in [0.1, 0.15) is 4.88 Å². The van der Waals surface area contributed by atoms with Crippen LogP contribution in [0.5, 0.6) is 0 Å². The van der Waals surface area contributed by atoms with E-state index < -0.39 is 5.97 Å². The number of hydrogen-bond donors (Lipinski definition) is 3. The highest BCUT2D eigenvalue weighted by molar-refractivity contribution is 7.12. The van der Waals surface area contributed by atoms with Crippen LogP contribution in [-0.4, -0.2) is 23.1 Å². The van der Waals surface area contributed by atoms with Gasteiger partial charge < -0.3 is 15.8 Å². The lowest BCUT2D eigenvalue weighted by Gasteiger charge is -2.17. The number of nitrogens with zero attached hydrogens (tertiary/aromatic N) is 1. The summed E-state index contributed by atoms with van der Waals surface area (Å²) in [4.78, 5) is 11.0. The predicted octanol–water partition coefficient (Wildman–Crippen LogP) is 0.899. The molecule has 0 unspecified atom stereocenters. The third kappa shape index (κ3) is 2.48. The normalized spacial score (nSPS) is 12.2. The average molecular weight is 227 g/mol. The Morgan fingerprint density at radius 2 is 2.20 bits per heavy atom. The molecule has 5 N–H and O–H groups in total. The SMILES string of the molecule is C/C(N)=C(\c1csc(C(=O)O)c1)N(C)N. The maximum atomic E-state index is 10.7. The third-order valence-corrected chi connectivity index (χ3v) is 2.73. The molecule has 1 rings (SSSR count). The summed E-state index contributed by atoms with van der Waals surface area (Å²) in [6.45, 7) is 1.72. The second-order valence-electron chi connectivity index (χ2n) is 3.15. The van der Waals surface area contributed by atoms with Gasteiger partial charge in [-0.2, -0.15) is 0 Å². The second kappa shape index (κ2) is 4.33. The third-order valence-electron chi connectivity index (χ3n) is 1.81. The van der Waals surface area contributed by atoms with Crippen LogP contribution in [0.2, 0.25) is 0 Å². The van der Waals surface area contributed by atoms with Crippen molar-refractivity contribution in [3.8, 4) is 0 Å². The van der Waals surface area contributed by atoms with Crippen LogP contribution >= 0.6 is 11.3 Å². The molecule has 1 aromatic heterocycles. The van der Waals surface area contributed by atoms with E-state index in [1.54, 1.807) is 25.4 Å². The Hall–Kier alpha value is -1.53. The molecule has 0 aliphatic rings. The topological polar surface area (TPSA) is 92.6 Å². The lowest BCUT2D eigenvalue weighted by atomic mass is 10.2. The Bertz CT molecular complexity index is 405. The van der Waals surface area contributed by atoms with Gasteiger partial charge in [-0.3, -0.25) is 0 Å². The number of aromatic carboxylic acids is 1. The molecule has 6 heteroatoms. The number of hydrogen-bond acceptors (Lipinski definition) is 5. The summed E-state index contributed by atoms with van der Waals surface area (Å²) >= 11 is 1.15. The molecule has 15 heavy (non-hydrogen) atoms. The highest BCUT2D eigenvalue weighted by Gasteiger charge is 2.12. The van der Waals surface area contributed by atoms with Gasteiger partial charge in [0.25, 0.3) is 0 Å². The number of carboxylic acids is 1. The van der Waals surface area contributed by atoms with E-state index in [1.807, 2.05) is 0 Å². The first-order valence-electron chi connectivity index (χ1n) is 4.20. The summed E-state index contributed by atoms with van der Waals surface area (Å²) in [5.41, 5.74) is 7.58. The summed E-state index contributed by atoms with van der Waals surface area (Å²) in [5.74, 6) is 4.66. The molecule has 0 aliphatic heterocycles. The van der Waals surface area contributed by atoms with Gasteiger partial charge in [-0.25, -0.2) is 10.6 Å². The number of rotatable bonds is 3. The van der Waals surface area contributed by atoms with Crippen molar-refractivity contribution in [1.29, 1.82) is 0 Å². The fourth-order valence-corrected chi connectivity index (χ4v) is 2.01. The smallest absolute Gasteiger partial charge is 0.345 e. The van der Waals surface area contributed by atoms with Crippen LogP contribution in [0.1, 0.15) is 22.2 Å². The largest absolute Gasteiger partial charge is 0.477 e. The number of nitrogens with two attached hydrogens (primary N) is 2. The van der Waals surface area contributed by atoms with E-state index in [-0.39, 0.29) is 4.88 Å². The maximum Gasteiger partial charge on any atom is 0.345 e. The lowest BCUT2D eigenvalue weighted by Crippen LogP contribution is -2.26. The van der Waals surface area contributed by atoms with Crippen molar-refractivity contribution in [2.24, 2.45) is 11.6 Å². The van der Waals surface area contributed by atoms with E-state index in [0.29, 0.717) is 11.4 Å². The molecular weight excluding hydrogens is 214 g/mol. The molecule has 0 aliphatic carbocycles. The summed E-state index contributed by atoms with van der Waals surface area (Å²) in [7, 11) is 1.66. The molecule has 0 spiro atoms. The van der Waals surface area contributed by atoms with Crippen LogP contribution in [0.25, 0.3) is 5.70 Å². The van der Waals surface area contributed by atoms with E-state index >= 15 is 0 Å². The van der Waals surface area contributed by atoms with Crippen molar-refractivity contribution in [2.45, 2.75) is 6.92 Å². The molecule has 5 nitrogen and oxygen atoms in total. The summed E-state index contributed by atoms with van der Waals surface area (Å²) < 4.78 is 0. The molecular formula is C9H13N3O2S. The number of hydrazine groups is 1. The second-order valence-corrected chi connectivity index (χ2v) is 4.06. The van der Waals surface area contributed by atoms with Crippen molar-refractivity contribution in [3.05, 3.63) is 27.6 Å². The molecule has 0 fully saturated rings. The summed E-state index contributed by atoms with van der Waals surface area (Å²) in [6, 6.07) is 1.56. The standard InChI is InChI=1S/C9H13N3O2S/c1-5(10)8(12(2)11)6-3-7(9(13)14)15-4-6/h3-4H,10-11H2,1-2H3,(H,13,14)/b8-5-. The zero-order valence-corrected chi connectivity index (χ0v) is 9.34. The zero-order valence-electron chi connectivity index (χ0n) is 8.52. The highest BCUT2D eigenvalue weighted by Crippen LogP contribution is 2.23. The van der Waals surface area contributed by atoms with E-state index in [0.717, 1.165) is 16.9 Å². The Kier molecular flexibility index (Phi) is 3.33. The molecule has 0 amide bonds. The minimum Gasteiger partial charge on any atom is -0.477 e. The van der Waals surface area contributed by atoms with Crippen molar-refractivity contribution >= 4 is 23.0 Å². The van der Waals surface area contributed by atoms with Gasteiger partial charge in [0.2, 0.25) is 0 Å². The highest BCUT2D eigenvalue weighted by atomic mass is 32.1. The lowest BCUT2D eigenvalue weighted by molar-refractivity contribution is 0.0702. The van der Waals surface area contributed by atoms with Crippen LogP contribution in [0.15, 0.2) is 17.1 Å². The molecule has 82 valence electrons. The maximum absolute atomic E-state index is 10.7. The van der Waals surface area contributed by atoms with Gasteiger partial charge >= 0.3 is 5.97 Å². The Morgan fingerprint density at radius 1 is 1.60 bits per heavy atom. The van der Waals surface area contributed by atoms with Crippen molar-refractivity contribution in [1.82, 2.24) is 5.01 Å². The fraction of sp³-hybridized carbons (Fsp3) is 0.222. The Labute approximate surface area is 91.6 Å². The first-order chi connectivity index (χ1) is 6.93. The summed E-state index contributed by atoms with van der Waals surface area (Å²) in [5, 5.41) is 11.9.